The van der Waals surface area contributed by atoms with Crippen molar-refractivity contribution in [2.45, 2.75) is 45.0 Å². The number of hydrogen-bond acceptors (Lipinski definition) is 4. The summed E-state index contributed by atoms with van der Waals surface area (Å²) in [4.78, 5) is 14.5. The highest BCUT2D eigenvalue weighted by molar-refractivity contribution is 5.19. The van der Waals surface area contributed by atoms with Gasteiger partial charge in [0.1, 0.15) is 11.6 Å². The Kier molecular flexibility index (Phi) is 4.82. The third-order valence-electron chi connectivity index (χ3n) is 5.10. The Hall–Kier alpha value is -2.12. The van der Waals surface area contributed by atoms with Crippen molar-refractivity contribution in [2.75, 3.05) is 13.2 Å². The highest BCUT2D eigenvalue weighted by Crippen LogP contribution is 2.22. The third-order valence-corrected chi connectivity index (χ3v) is 5.10. The monoisotopic (exact) mass is 361 g/mol. The van der Waals surface area contributed by atoms with Crippen molar-refractivity contribution >= 4 is 0 Å². The average molecular weight is 361 g/mol. The van der Waals surface area contributed by atoms with Gasteiger partial charge in [0.05, 0.1) is 25.5 Å². The van der Waals surface area contributed by atoms with Gasteiger partial charge in [-0.1, -0.05) is 0 Å². The molecule has 0 N–H and O–H groups in total. The summed E-state index contributed by atoms with van der Waals surface area (Å²) in [7, 11) is 0. The van der Waals surface area contributed by atoms with Crippen LogP contribution >= 0.6 is 0 Å². The van der Waals surface area contributed by atoms with Crippen LogP contribution in [0, 0.1) is 11.6 Å². The molecule has 5 nitrogen and oxygen atoms in total. The SMILES string of the molecule is O=c1cc2c(nn1CC1CCCN1Cc1cc(F)cc(F)c1)CCOC2. The summed E-state index contributed by atoms with van der Waals surface area (Å²) < 4.78 is 33.8. The van der Waals surface area contributed by atoms with Crippen molar-refractivity contribution in [1.29, 1.82) is 0 Å². The fourth-order valence-electron chi connectivity index (χ4n) is 3.83. The van der Waals surface area contributed by atoms with E-state index < -0.39 is 11.6 Å². The third kappa shape index (κ3) is 3.68. The van der Waals surface area contributed by atoms with Crippen molar-refractivity contribution in [2.24, 2.45) is 0 Å². The van der Waals surface area contributed by atoms with Gasteiger partial charge >= 0.3 is 0 Å². The predicted molar refractivity (Wildman–Crippen MR) is 91.6 cm³/mol. The van der Waals surface area contributed by atoms with E-state index in [4.69, 9.17) is 4.74 Å². The summed E-state index contributed by atoms with van der Waals surface area (Å²) in [6, 6.07) is 5.35. The Morgan fingerprint density at radius 1 is 1.19 bits per heavy atom. The van der Waals surface area contributed by atoms with Crippen LogP contribution in [0.3, 0.4) is 0 Å². The smallest absolute Gasteiger partial charge is 0.267 e. The molecule has 1 atom stereocenters. The van der Waals surface area contributed by atoms with Crippen LogP contribution in [0.15, 0.2) is 29.1 Å². The van der Waals surface area contributed by atoms with E-state index >= 15 is 0 Å². The number of ether oxygens (including phenoxy) is 1. The van der Waals surface area contributed by atoms with Gasteiger partial charge in [0.25, 0.3) is 5.56 Å². The molecule has 1 fully saturated rings. The van der Waals surface area contributed by atoms with Crippen molar-refractivity contribution in [3.63, 3.8) is 0 Å². The molecular formula is C19H21F2N3O2. The summed E-state index contributed by atoms with van der Waals surface area (Å²) in [5.74, 6) is -1.13. The fourth-order valence-corrected chi connectivity index (χ4v) is 3.83. The number of benzene rings is 1. The van der Waals surface area contributed by atoms with Crippen LogP contribution in [-0.4, -0.2) is 33.9 Å². The van der Waals surface area contributed by atoms with E-state index in [1.165, 1.54) is 16.8 Å². The second-order valence-corrected chi connectivity index (χ2v) is 6.98. The normalized spacial score (nSPS) is 20.3. The summed E-state index contributed by atoms with van der Waals surface area (Å²) in [6.45, 7) is 2.87. The molecule has 0 spiro atoms. The second-order valence-electron chi connectivity index (χ2n) is 6.98. The average Bonchev–Trinajstić information content (AvgIpc) is 3.01. The zero-order valence-corrected chi connectivity index (χ0v) is 14.5. The lowest BCUT2D eigenvalue weighted by atomic mass is 10.1. The minimum Gasteiger partial charge on any atom is -0.376 e. The van der Waals surface area contributed by atoms with Crippen LogP contribution in [0.25, 0.3) is 0 Å². The summed E-state index contributed by atoms with van der Waals surface area (Å²) >= 11 is 0. The molecule has 138 valence electrons. The first kappa shape index (κ1) is 17.3. The van der Waals surface area contributed by atoms with E-state index in [2.05, 4.69) is 10.00 Å². The van der Waals surface area contributed by atoms with Crippen molar-refractivity contribution in [3.8, 4) is 0 Å². The molecule has 7 heteroatoms. The van der Waals surface area contributed by atoms with Gasteiger partial charge in [-0.2, -0.15) is 5.10 Å². The molecule has 2 aliphatic heterocycles. The van der Waals surface area contributed by atoms with Gasteiger partial charge in [-0.15, -0.1) is 0 Å². The van der Waals surface area contributed by atoms with Crippen molar-refractivity contribution in [3.05, 3.63) is 63.1 Å². The number of likely N-dealkylation sites (tertiary alicyclic amines) is 1. The van der Waals surface area contributed by atoms with Gasteiger partial charge in [0, 0.05) is 36.7 Å². The molecule has 0 saturated carbocycles. The summed E-state index contributed by atoms with van der Waals surface area (Å²) in [5, 5.41) is 4.52. The first-order chi connectivity index (χ1) is 12.6. The number of halogens is 2. The Bertz CT molecular complexity index is 848. The molecule has 26 heavy (non-hydrogen) atoms. The van der Waals surface area contributed by atoms with Crippen LogP contribution in [0.1, 0.15) is 29.7 Å². The largest absolute Gasteiger partial charge is 0.376 e. The minimum atomic E-state index is -0.564. The fraction of sp³-hybridized carbons (Fsp3) is 0.474. The lowest BCUT2D eigenvalue weighted by Crippen LogP contribution is -2.37. The molecule has 2 aromatic rings. The molecule has 1 saturated heterocycles. The molecule has 0 amide bonds. The van der Waals surface area contributed by atoms with E-state index in [-0.39, 0.29) is 11.6 Å². The molecule has 0 radical (unpaired) electrons. The van der Waals surface area contributed by atoms with E-state index in [1.807, 2.05) is 0 Å². The van der Waals surface area contributed by atoms with Gasteiger partial charge in [0.2, 0.25) is 0 Å². The number of rotatable bonds is 4. The first-order valence-corrected chi connectivity index (χ1v) is 8.95. The number of fused-ring (bicyclic) bond motifs is 1. The quantitative estimate of drug-likeness (QED) is 0.838. The maximum Gasteiger partial charge on any atom is 0.267 e. The van der Waals surface area contributed by atoms with Gasteiger partial charge in [-0.3, -0.25) is 9.69 Å². The zero-order valence-electron chi connectivity index (χ0n) is 14.5. The second kappa shape index (κ2) is 7.25. The van der Waals surface area contributed by atoms with Crippen LogP contribution < -0.4 is 5.56 Å². The van der Waals surface area contributed by atoms with Gasteiger partial charge in [-0.25, -0.2) is 13.5 Å². The Morgan fingerprint density at radius 2 is 2.00 bits per heavy atom. The Balaban J connectivity index is 1.51. The molecule has 0 aliphatic carbocycles. The lowest BCUT2D eigenvalue weighted by Gasteiger charge is -2.25. The minimum absolute atomic E-state index is 0.127. The molecular weight excluding hydrogens is 340 g/mol. The van der Waals surface area contributed by atoms with Crippen LogP contribution in [0.2, 0.25) is 0 Å². The van der Waals surface area contributed by atoms with Crippen molar-refractivity contribution in [1.82, 2.24) is 14.7 Å². The maximum absolute atomic E-state index is 13.4. The molecule has 1 aromatic heterocycles. The predicted octanol–water partition coefficient (Wildman–Crippen LogP) is 2.26. The number of nitrogens with zero attached hydrogens (tertiary/aromatic N) is 3. The molecule has 0 bridgehead atoms. The molecule has 3 heterocycles. The van der Waals surface area contributed by atoms with Gasteiger partial charge < -0.3 is 4.74 Å². The summed E-state index contributed by atoms with van der Waals surface area (Å²) in [5.41, 5.74) is 2.28. The van der Waals surface area contributed by atoms with Crippen molar-refractivity contribution < 1.29 is 13.5 Å². The standard InChI is InChI=1S/C19H21F2N3O2/c20-15-6-13(7-16(21)9-15)10-23-4-1-2-17(23)11-24-19(25)8-14-12-26-5-3-18(14)22-24/h6-9,17H,1-5,10-12H2. The maximum atomic E-state index is 13.4. The Morgan fingerprint density at radius 3 is 2.81 bits per heavy atom. The lowest BCUT2D eigenvalue weighted by molar-refractivity contribution is 0.107. The number of aromatic nitrogens is 2. The van der Waals surface area contributed by atoms with E-state index in [9.17, 15) is 13.6 Å². The highest BCUT2D eigenvalue weighted by Gasteiger charge is 2.26. The highest BCUT2D eigenvalue weighted by atomic mass is 19.1. The van der Waals surface area contributed by atoms with Crippen LogP contribution in [0.5, 0.6) is 0 Å². The zero-order chi connectivity index (χ0) is 18.1. The van der Waals surface area contributed by atoms with Crippen LogP contribution in [0.4, 0.5) is 8.78 Å². The van der Waals surface area contributed by atoms with Gasteiger partial charge in [-0.05, 0) is 37.1 Å². The van der Waals surface area contributed by atoms with Crippen LogP contribution in [-0.2, 0) is 30.9 Å². The first-order valence-electron chi connectivity index (χ1n) is 8.95. The Labute approximate surface area is 150 Å². The molecule has 1 aromatic carbocycles. The van der Waals surface area contributed by atoms with E-state index in [1.54, 1.807) is 6.07 Å². The van der Waals surface area contributed by atoms with Gasteiger partial charge in [0.15, 0.2) is 0 Å². The molecule has 4 rings (SSSR count). The topological polar surface area (TPSA) is 47.4 Å². The molecule has 1 unspecified atom stereocenters. The number of hydrogen-bond donors (Lipinski definition) is 0. The van der Waals surface area contributed by atoms with E-state index in [0.29, 0.717) is 38.3 Å². The van der Waals surface area contributed by atoms with E-state index in [0.717, 1.165) is 36.7 Å². The summed E-state index contributed by atoms with van der Waals surface area (Å²) in [6.07, 6.45) is 2.65. The molecule has 2 aliphatic rings.